The normalized spacial score (nSPS) is 16.2. The van der Waals surface area contributed by atoms with Crippen molar-refractivity contribution in [3.05, 3.63) is 36.0 Å². The van der Waals surface area contributed by atoms with Gasteiger partial charge < -0.3 is 4.90 Å². The lowest BCUT2D eigenvalue weighted by atomic mass is 10.1. The topological polar surface area (TPSA) is 20.3 Å². The van der Waals surface area contributed by atoms with Gasteiger partial charge in [-0.3, -0.25) is 4.79 Å². The zero-order chi connectivity index (χ0) is 12.6. The lowest BCUT2D eigenvalue weighted by molar-refractivity contribution is -0.125. The van der Waals surface area contributed by atoms with E-state index in [-0.39, 0.29) is 5.91 Å². The maximum Gasteiger partial charge on any atom is 0.246 e. The Balaban J connectivity index is 0.000000325. The summed E-state index contributed by atoms with van der Waals surface area (Å²) in [5.74, 6) is 0.0844. The van der Waals surface area contributed by atoms with Gasteiger partial charge in [-0.25, -0.2) is 0 Å². The molecule has 0 fully saturated rings. The molecule has 2 heteroatoms. The van der Waals surface area contributed by atoms with Crippen LogP contribution in [-0.4, -0.2) is 24.4 Å². The Bertz CT molecular complexity index is 300. The van der Waals surface area contributed by atoms with Crippen LogP contribution in [0.15, 0.2) is 36.0 Å². The van der Waals surface area contributed by atoms with Crippen LogP contribution >= 0.6 is 0 Å². The van der Waals surface area contributed by atoms with E-state index in [1.54, 1.807) is 24.1 Å². The van der Waals surface area contributed by atoms with E-state index in [1.165, 1.54) is 12.0 Å². The van der Waals surface area contributed by atoms with Crippen LogP contribution in [0.25, 0.3) is 0 Å². The summed E-state index contributed by atoms with van der Waals surface area (Å²) in [5, 5.41) is 0. The lowest BCUT2D eigenvalue weighted by Crippen LogP contribution is -2.29. The van der Waals surface area contributed by atoms with Crippen LogP contribution in [0.3, 0.4) is 0 Å². The number of allylic oxidation sites excluding steroid dienone is 3. The number of carbonyl (C=O) groups is 1. The van der Waals surface area contributed by atoms with Gasteiger partial charge in [-0.15, -0.1) is 0 Å². The minimum Gasteiger partial charge on any atom is -0.342 e. The molecule has 0 radical (unpaired) electrons. The Labute approximate surface area is 99.3 Å². The molecule has 0 saturated heterocycles. The van der Waals surface area contributed by atoms with E-state index < -0.39 is 0 Å². The standard InChI is InChI=1S/C8H11NO.C6H12/c1-3-7-4-5-9(2)8(10)6-7;1-4-6(3)5-2/h3,6H,1,4-5H2,2H3;4H,5H2,1-3H3/b;6-4+. The highest BCUT2D eigenvalue weighted by Gasteiger charge is 2.11. The van der Waals surface area contributed by atoms with Gasteiger partial charge in [-0.2, -0.15) is 0 Å². The third-order valence-corrected chi connectivity index (χ3v) is 2.73. The number of nitrogens with zero attached hydrogens (tertiary/aromatic N) is 1. The largest absolute Gasteiger partial charge is 0.342 e. The fourth-order valence-electron chi connectivity index (χ4n) is 1.11. The van der Waals surface area contributed by atoms with Gasteiger partial charge in [-0.05, 0) is 32.3 Å². The van der Waals surface area contributed by atoms with Crippen molar-refractivity contribution < 1.29 is 4.79 Å². The van der Waals surface area contributed by atoms with Crippen LogP contribution < -0.4 is 0 Å². The van der Waals surface area contributed by atoms with Gasteiger partial charge in [-0.1, -0.05) is 31.2 Å². The first-order valence-electron chi connectivity index (χ1n) is 5.75. The predicted molar refractivity (Wildman–Crippen MR) is 70.3 cm³/mol. The molecule has 1 amide bonds. The third kappa shape index (κ3) is 5.54. The molecule has 0 unspecified atom stereocenters. The number of hydrogen-bond acceptors (Lipinski definition) is 1. The van der Waals surface area contributed by atoms with Crippen LogP contribution in [0.4, 0.5) is 0 Å². The van der Waals surface area contributed by atoms with E-state index in [4.69, 9.17) is 0 Å². The highest BCUT2D eigenvalue weighted by molar-refractivity contribution is 5.89. The summed E-state index contributed by atoms with van der Waals surface area (Å²) >= 11 is 0. The number of hydrogen-bond donors (Lipinski definition) is 0. The molecule has 0 aliphatic carbocycles. The first kappa shape index (κ1) is 14.7. The van der Waals surface area contributed by atoms with E-state index in [1.807, 2.05) is 0 Å². The fourth-order valence-corrected chi connectivity index (χ4v) is 1.11. The number of likely N-dealkylation sites (N-methyl/N-ethyl adjacent to an activating group) is 1. The van der Waals surface area contributed by atoms with Crippen molar-refractivity contribution in [1.82, 2.24) is 4.90 Å². The highest BCUT2D eigenvalue weighted by Crippen LogP contribution is 2.09. The van der Waals surface area contributed by atoms with Gasteiger partial charge in [0.15, 0.2) is 0 Å². The van der Waals surface area contributed by atoms with Gasteiger partial charge in [0.2, 0.25) is 5.91 Å². The molecule has 1 aliphatic heterocycles. The second kappa shape index (κ2) is 7.91. The number of rotatable bonds is 2. The first-order valence-corrected chi connectivity index (χ1v) is 5.75. The Morgan fingerprint density at radius 1 is 1.62 bits per heavy atom. The molecule has 1 rings (SSSR count). The first-order chi connectivity index (χ1) is 7.54. The average molecular weight is 221 g/mol. The second-order valence-electron chi connectivity index (χ2n) is 3.92. The molecule has 0 saturated carbocycles. The second-order valence-corrected chi connectivity index (χ2v) is 3.92. The summed E-state index contributed by atoms with van der Waals surface area (Å²) in [6, 6.07) is 0. The molecule has 0 atom stereocenters. The summed E-state index contributed by atoms with van der Waals surface area (Å²) < 4.78 is 0. The minimum absolute atomic E-state index is 0.0844. The van der Waals surface area contributed by atoms with Crippen LogP contribution in [0.1, 0.15) is 33.6 Å². The molecule has 0 aromatic rings. The van der Waals surface area contributed by atoms with E-state index in [0.29, 0.717) is 0 Å². The van der Waals surface area contributed by atoms with Crippen LogP contribution in [0, 0.1) is 0 Å². The molecular weight excluding hydrogens is 198 g/mol. The molecule has 2 nitrogen and oxygen atoms in total. The van der Waals surface area contributed by atoms with Crippen molar-refractivity contribution in [3.8, 4) is 0 Å². The van der Waals surface area contributed by atoms with Gasteiger partial charge in [0.25, 0.3) is 0 Å². The zero-order valence-electron chi connectivity index (χ0n) is 10.9. The molecule has 0 N–H and O–H groups in total. The molecule has 0 bridgehead atoms. The van der Waals surface area contributed by atoms with Crippen molar-refractivity contribution in [2.75, 3.05) is 13.6 Å². The predicted octanol–water partition coefficient (Wildman–Crippen LogP) is 3.32. The van der Waals surface area contributed by atoms with Crippen molar-refractivity contribution in [3.63, 3.8) is 0 Å². The fraction of sp³-hybridized carbons (Fsp3) is 0.500. The quantitative estimate of drug-likeness (QED) is 0.655. The van der Waals surface area contributed by atoms with Crippen molar-refractivity contribution in [2.45, 2.75) is 33.6 Å². The van der Waals surface area contributed by atoms with E-state index in [9.17, 15) is 4.79 Å². The molecule has 0 aromatic carbocycles. The van der Waals surface area contributed by atoms with Crippen LogP contribution in [0.2, 0.25) is 0 Å². The Morgan fingerprint density at radius 2 is 2.25 bits per heavy atom. The summed E-state index contributed by atoms with van der Waals surface area (Å²) in [6.45, 7) is 10.8. The minimum atomic E-state index is 0.0844. The average Bonchev–Trinajstić information content (AvgIpc) is 2.32. The van der Waals surface area contributed by atoms with Gasteiger partial charge in [0.05, 0.1) is 0 Å². The molecule has 0 aromatic heterocycles. The Kier molecular flexibility index (Phi) is 7.27. The van der Waals surface area contributed by atoms with Crippen molar-refractivity contribution in [2.24, 2.45) is 0 Å². The molecule has 16 heavy (non-hydrogen) atoms. The van der Waals surface area contributed by atoms with Gasteiger partial charge >= 0.3 is 0 Å². The Morgan fingerprint density at radius 3 is 2.56 bits per heavy atom. The smallest absolute Gasteiger partial charge is 0.246 e. The Hall–Kier alpha value is -1.31. The van der Waals surface area contributed by atoms with Crippen LogP contribution in [-0.2, 0) is 4.79 Å². The summed E-state index contributed by atoms with van der Waals surface area (Å²) in [6.07, 6.45) is 7.64. The maximum atomic E-state index is 11.0. The van der Waals surface area contributed by atoms with Crippen molar-refractivity contribution >= 4 is 5.91 Å². The molecule has 0 spiro atoms. The summed E-state index contributed by atoms with van der Waals surface area (Å²) in [5.41, 5.74) is 2.51. The maximum absolute atomic E-state index is 11.0. The summed E-state index contributed by atoms with van der Waals surface area (Å²) in [4.78, 5) is 12.7. The molecule has 1 heterocycles. The highest BCUT2D eigenvalue weighted by atomic mass is 16.2. The number of amides is 1. The SMILES string of the molecule is C/C=C(\C)CC.C=CC1=CC(=O)N(C)CC1. The number of carbonyl (C=O) groups excluding carboxylic acids is 1. The molecule has 90 valence electrons. The van der Waals surface area contributed by atoms with E-state index in [0.717, 1.165) is 18.5 Å². The molecule has 1 aliphatic rings. The van der Waals surface area contributed by atoms with Crippen molar-refractivity contribution in [1.29, 1.82) is 0 Å². The van der Waals surface area contributed by atoms with E-state index >= 15 is 0 Å². The van der Waals surface area contributed by atoms with Gasteiger partial charge in [0.1, 0.15) is 0 Å². The summed E-state index contributed by atoms with van der Waals surface area (Å²) in [7, 11) is 1.80. The molecular formula is C14H23NO. The monoisotopic (exact) mass is 221 g/mol. The van der Waals surface area contributed by atoms with Gasteiger partial charge in [0, 0.05) is 19.7 Å². The lowest BCUT2D eigenvalue weighted by Gasteiger charge is -2.20. The third-order valence-electron chi connectivity index (χ3n) is 2.73. The van der Waals surface area contributed by atoms with Crippen LogP contribution in [0.5, 0.6) is 0 Å². The zero-order valence-corrected chi connectivity index (χ0v) is 10.9. The van der Waals surface area contributed by atoms with E-state index in [2.05, 4.69) is 33.4 Å².